The topological polar surface area (TPSA) is 54.5 Å². The molecule has 2 aromatic rings. The SMILES string of the molecule is O=C(CS(=O)(=O)Cc1c(F)cccc1Cl)N1CCc2ccccc21. The molecule has 4 nitrogen and oxygen atoms in total. The summed E-state index contributed by atoms with van der Waals surface area (Å²) < 4.78 is 38.4. The van der Waals surface area contributed by atoms with Gasteiger partial charge in [0.15, 0.2) is 9.84 Å². The number of benzene rings is 2. The van der Waals surface area contributed by atoms with Gasteiger partial charge >= 0.3 is 0 Å². The van der Waals surface area contributed by atoms with E-state index in [0.717, 1.165) is 17.3 Å². The minimum Gasteiger partial charge on any atom is -0.311 e. The van der Waals surface area contributed by atoms with Crippen LogP contribution in [0.2, 0.25) is 5.02 Å². The van der Waals surface area contributed by atoms with Crippen LogP contribution in [-0.4, -0.2) is 26.6 Å². The van der Waals surface area contributed by atoms with E-state index >= 15 is 0 Å². The van der Waals surface area contributed by atoms with Crippen molar-refractivity contribution in [1.29, 1.82) is 0 Å². The zero-order valence-corrected chi connectivity index (χ0v) is 14.3. The van der Waals surface area contributed by atoms with Gasteiger partial charge in [0.2, 0.25) is 5.91 Å². The molecule has 0 aliphatic carbocycles. The maximum absolute atomic E-state index is 13.8. The second kappa shape index (κ2) is 6.53. The Labute approximate surface area is 144 Å². The first kappa shape index (κ1) is 16.9. The zero-order valence-electron chi connectivity index (χ0n) is 12.7. The standard InChI is InChI=1S/C17H15ClFNO3S/c18-14-5-3-6-15(19)13(14)10-24(22,23)11-17(21)20-9-8-12-4-1-2-7-16(12)20/h1-7H,8-11H2. The fourth-order valence-corrected chi connectivity index (χ4v) is 4.48. The molecule has 0 bridgehead atoms. The van der Waals surface area contributed by atoms with Crippen molar-refractivity contribution < 1.29 is 17.6 Å². The summed E-state index contributed by atoms with van der Waals surface area (Å²) in [6.45, 7) is 0.453. The number of hydrogen-bond acceptors (Lipinski definition) is 3. The van der Waals surface area contributed by atoms with Gasteiger partial charge in [-0.05, 0) is 30.2 Å². The Bertz CT molecular complexity index is 878. The normalized spacial score (nSPS) is 13.8. The quantitative estimate of drug-likeness (QED) is 0.834. The van der Waals surface area contributed by atoms with Crippen LogP contribution >= 0.6 is 11.6 Å². The Balaban J connectivity index is 1.77. The summed E-state index contributed by atoms with van der Waals surface area (Å²) in [6, 6.07) is 11.4. The molecule has 0 atom stereocenters. The molecule has 0 saturated carbocycles. The number of anilines is 1. The van der Waals surface area contributed by atoms with E-state index in [0.29, 0.717) is 13.0 Å². The first-order valence-electron chi connectivity index (χ1n) is 7.39. The Morgan fingerprint density at radius 3 is 2.67 bits per heavy atom. The molecule has 0 unspecified atom stereocenters. The molecule has 1 aliphatic rings. The predicted octanol–water partition coefficient (Wildman–Crippen LogP) is 2.98. The third kappa shape index (κ3) is 3.44. The van der Waals surface area contributed by atoms with E-state index in [4.69, 9.17) is 11.6 Å². The Hall–Kier alpha value is -1.92. The average Bonchev–Trinajstić information content (AvgIpc) is 2.95. The third-order valence-electron chi connectivity index (χ3n) is 3.96. The van der Waals surface area contributed by atoms with E-state index in [1.54, 1.807) is 12.1 Å². The van der Waals surface area contributed by atoms with Gasteiger partial charge in [-0.1, -0.05) is 35.9 Å². The first-order valence-corrected chi connectivity index (χ1v) is 9.59. The predicted molar refractivity (Wildman–Crippen MR) is 91.4 cm³/mol. The van der Waals surface area contributed by atoms with E-state index in [9.17, 15) is 17.6 Å². The summed E-state index contributed by atoms with van der Waals surface area (Å²) in [4.78, 5) is 13.9. The summed E-state index contributed by atoms with van der Waals surface area (Å²) in [5.41, 5.74) is 1.65. The molecule has 0 fully saturated rings. The van der Waals surface area contributed by atoms with Gasteiger partial charge in [-0.2, -0.15) is 0 Å². The molecule has 2 aromatic carbocycles. The van der Waals surface area contributed by atoms with Crippen molar-refractivity contribution in [2.45, 2.75) is 12.2 Å². The number of para-hydroxylation sites is 1. The molecule has 0 saturated heterocycles. The Kier molecular flexibility index (Phi) is 4.60. The van der Waals surface area contributed by atoms with Gasteiger partial charge < -0.3 is 4.90 Å². The average molecular weight is 368 g/mol. The lowest BCUT2D eigenvalue weighted by Crippen LogP contribution is -2.34. The number of fused-ring (bicyclic) bond motifs is 1. The van der Waals surface area contributed by atoms with Gasteiger partial charge in [0, 0.05) is 22.8 Å². The van der Waals surface area contributed by atoms with Crippen molar-refractivity contribution in [2.24, 2.45) is 0 Å². The maximum Gasteiger partial charge on any atom is 0.242 e. The van der Waals surface area contributed by atoms with Crippen molar-refractivity contribution in [2.75, 3.05) is 17.2 Å². The van der Waals surface area contributed by atoms with E-state index in [1.807, 2.05) is 12.1 Å². The van der Waals surface area contributed by atoms with Crippen LogP contribution in [0.3, 0.4) is 0 Å². The van der Waals surface area contributed by atoms with Crippen molar-refractivity contribution >= 4 is 33.0 Å². The van der Waals surface area contributed by atoms with Crippen LogP contribution in [0, 0.1) is 5.82 Å². The number of amides is 1. The monoisotopic (exact) mass is 367 g/mol. The van der Waals surface area contributed by atoms with E-state index in [2.05, 4.69) is 0 Å². The van der Waals surface area contributed by atoms with Crippen molar-refractivity contribution in [1.82, 2.24) is 0 Å². The number of carbonyl (C=O) groups excluding carboxylic acids is 1. The van der Waals surface area contributed by atoms with Crippen molar-refractivity contribution in [3.63, 3.8) is 0 Å². The molecule has 1 aliphatic heterocycles. The van der Waals surface area contributed by atoms with Gasteiger partial charge in [-0.15, -0.1) is 0 Å². The van der Waals surface area contributed by atoms with Gasteiger partial charge in [-0.25, -0.2) is 12.8 Å². The summed E-state index contributed by atoms with van der Waals surface area (Å²) in [6.07, 6.45) is 0.696. The molecule has 1 heterocycles. The van der Waals surface area contributed by atoms with Gasteiger partial charge in [0.25, 0.3) is 0 Å². The number of rotatable bonds is 4. The highest BCUT2D eigenvalue weighted by Crippen LogP contribution is 2.28. The molecule has 0 radical (unpaired) electrons. The molecule has 1 amide bonds. The van der Waals surface area contributed by atoms with E-state index in [1.165, 1.54) is 17.0 Å². The lowest BCUT2D eigenvalue weighted by atomic mass is 10.2. The first-order chi connectivity index (χ1) is 11.4. The number of nitrogens with zero attached hydrogens (tertiary/aromatic N) is 1. The van der Waals surface area contributed by atoms with Crippen LogP contribution in [0.1, 0.15) is 11.1 Å². The summed E-state index contributed by atoms with van der Waals surface area (Å²) >= 11 is 5.87. The molecule has 126 valence electrons. The number of sulfone groups is 1. The molecule has 3 rings (SSSR count). The minimum atomic E-state index is -3.83. The van der Waals surface area contributed by atoms with Crippen molar-refractivity contribution in [3.05, 3.63) is 64.4 Å². The fraction of sp³-hybridized carbons (Fsp3) is 0.235. The third-order valence-corrected chi connectivity index (χ3v) is 5.73. The highest BCUT2D eigenvalue weighted by molar-refractivity contribution is 7.91. The lowest BCUT2D eigenvalue weighted by molar-refractivity contribution is -0.116. The number of halogens is 2. The highest BCUT2D eigenvalue weighted by Gasteiger charge is 2.28. The summed E-state index contributed by atoms with van der Waals surface area (Å²) in [5.74, 6) is -2.47. The molecule has 0 N–H and O–H groups in total. The molecular weight excluding hydrogens is 353 g/mol. The summed E-state index contributed by atoms with van der Waals surface area (Å²) in [7, 11) is -3.83. The molecule has 7 heteroatoms. The fourth-order valence-electron chi connectivity index (χ4n) is 2.80. The molecular formula is C17H15ClFNO3S. The van der Waals surface area contributed by atoms with Crippen LogP contribution in [0.15, 0.2) is 42.5 Å². The summed E-state index contributed by atoms with van der Waals surface area (Å²) in [5, 5.41) is 0.0394. The van der Waals surface area contributed by atoms with Crippen LogP contribution in [0.5, 0.6) is 0 Å². The second-order valence-electron chi connectivity index (χ2n) is 5.66. The van der Waals surface area contributed by atoms with Crippen LogP contribution in [0.25, 0.3) is 0 Å². The van der Waals surface area contributed by atoms with Crippen LogP contribution in [-0.2, 0) is 26.8 Å². The maximum atomic E-state index is 13.8. The van der Waals surface area contributed by atoms with E-state index < -0.39 is 33.1 Å². The lowest BCUT2D eigenvalue weighted by Gasteiger charge is -2.17. The van der Waals surface area contributed by atoms with Gasteiger partial charge in [0.05, 0.1) is 5.75 Å². The van der Waals surface area contributed by atoms with Crippen LogP contribution in [0.4, 0.5) is 10.1 Å². The Morgan fingerprint density at radius 2 is 1.92 bits per heavy atom. The highest BCUT2D eigenvalue weighted by atomic mass is 35.5. The number of carbonyl (C=O) groups is 1. The molecule has 0 spiro atoms. The van der Waals surface area contributed by atoms with E-state index in [-0.39, 0.29) is 10.6 Å². The zero-order chi connectivity index (χ0) is 17.3. The Morgan fingerprint density at radius 1 is 1.17 bits per heavy atom. The smallest absolute Gasteiger partial charge is 0.242 e. The van der Waals surface area contributed by atoms with Crippen molar-refractivity contribution in [3.8, 4) is 0 Å². The van der Waals surface area contributed by atoms with Crippen LogP contribution < -0.4 is 4.90 Å². The molecule has 24 heavy (non-hydrogen) atoms. The minimum absolute atomic E-state index is 0.0394. The number of hydrogen-bond donors (Lipinski definition) is 0. The molecule has 0 aromatic heterocycles. The second-order valence-corrected chi connectivity index (χ2v) is 8.13. The largest absolute Gasteiger partial charge is 0.311 e. The van der Waals surface area contributed by atoms with Gasteiger partial charge in [-0.3, -0.25) is 4.79 Å². The van der Waals surface area contributed by atoms with Gasteiger partial charge in [0.1, 0.15) is 11.6 Å².